The third kappa shape index (κ3) is 2.26. The first-order valence-corrected chi connectivity index (χ1v) is 7.97. The van der Waals surface area contributed by atoms with E-state index in [1.165, 1.54) is 0 Å². The minimum absolute atomic E-state index is 0.0308. The standard InChI is InChI=1S/C16H16O2S/c1-2-11-4-3-5-12(8-11)16(17)13-9-14-6-7-15(10-13)19(14)18/h1,3-5,8,13-15H,6-7,9-10H2. The van der Waals surface area contributed by atoms with Crippen LogP contribution in [0.25, 0.3) is 0 Å². The van der Waals surface area contributed by atoms with Crippen molar-refractivity contribution in [3.8, 4) is 12.3 Å². The maximum absolute atomic E-state index is 12.5. The molecular formula is C16H16O2S. The van der Waals surface area contributed by atoms with Crippen molar-refractivity contribution >= 4 is 16.6 Å². The lowest BCUT2D eigenvalue weighted by Crippen LogP contribution is -2.32. The summed E-state index contributed by atoms with van der Waals surface area (Å²) in [6, 6.07) is 7.28. The molecule has 2 heterocycles. The first-order valence-electron chi connectivity index (χ1n) is 6.69. The average Bonchev–Trinajstić information content (AvgIpc) is 2.68. The Morgan fingerprint density at radius 3 is 2.58 bits per heavy atom. The largest absolute Gasteiger partial charge is 0.294 e. The highest BCUT2D eigenvalue weighted by Gasteiger charge is 2.42. The van der Waals surface area contributed by atoms with Crippen molar-refractivity contribution in [2.45, 2.75) is 36.2 Å². The minimum atomic E-state index is -0.703. The normalized spacial score (nSPS) is 32.8. The summed E-state index contributed by atoms with van der Waals surface area (Å²) in [5, 5.41) is 0.479. The van der Waals surface area contributed by atoms with Crippen LogP contribution < -0.4 is 0 Å². The summed E-state index contributed by atoms with van der Waals surface area (Å²) in [7, 11) is -0.703. The molecule has 0 aromatic heterocycles. The lowest BCUT2D eigenvalue weighted by Gasteiger charge is -2.26. The Hall–Kier alpha value is -1.40. The zero-order valence-corrected chi connectivity index (χ0v) is 11.5. The lowest BCUT2D eigenvalue weighted by molar-refractivity contribution is 0.0906. The van der Waals surface area contributed by atoms with Gasteiger partial charge < -0.3 is 0 Å². The van der Waals surface area contributed by atoms with E-state index >= 15 is 0 Å². The van der Waals surface area contributed by atoms with Crippen LogP contribution in [0.1, 0.15) is 41.6 Å². The summed E-state index contributed by atoms with van der Waals surface area (Å²) in [5.74, 6) is 2.76. The molecule has 2 fully saturated rings. The molecule has 2 atom stereocenters. The van der Waals surface area contributed by atoms with E-state index in [1.807, 2.05) is 18.2 Å². The first-order chi connectivity index (χ1) is 9.19. The second-order valence-electron chi connectivity index (χ2n) is 5.41. The van der Waals surface area contributed by atoms with Crippen LogP contribution in [0.3, 0.4) is 0 Å². The molecule has 2 aliphatic heterocycles. The maximum Gasteiger partial charge on any atom is 0.166 e. The molecule has 3 rings (SSSR count). The number of hydrogen-bond acceptors (Lipinski definition) is 2. The molecule has 2 saturated heterocycles. The number of benzene rings is 1. The number of terminal acetylenes is 1. The summed E-state index contributed by atoms with van der Waals surface area (Å²) < 4.78 is 12.0. The van der Waals surface area contributed by atoms with Crippen LogP contribution in [0, 0.1) is 18.3 Å². The second kappa shape index (κ2) is 4.94. The summed E-state index contributed by atoms with van der Waals surface area (Å²) in [5.41, 5.74) is 1.45. The molecule has 0 N–H and O–H groups in total. The molecule has 2 unspecified atom stereocenters. The van der Waals surface area contributed by atoms with Crippen molar-refractivity contribution in [3.63, 3.8) is 0 Å². The molecule has 19 heavy (non-hydrogen) atoms. The van der Waals surface area contributed by atoms with Crippen LogP contribution in [0.2, 0.25) is 0 Å². The number of ketones is 1. The molecule has 0 aliphatic carbocycles. The van der Waals surface area contributed by atoms with E-state index in [2.05, 4.69) is 5.92 Å². The van der Waals surface area contributed by atoms with E-state index in [4.69, 9.17) is 6.42 Å². The summed E-state index contributed by atoms with van der Waals surface area (Å²) >= 11 is 0. The van der Waals surface area contributed by atoms with Gasteiger partial charge in [-0.2, -0.15) is 0 Å². The van der Waals surface area contributed by atoms with Crippen LogP contribution in [0.4, 0.5) is 0 Å². The van der Waals surface area contributed by atoms with Gasteiger partial charge in [0.1, 0.15) is 0 Å². The van der Waals surface area contributed by atoms with Crippen LogP contribution in [-0.2, 0) is 10.8 Å². The topological polar surface area (TPSA) is 34.1 Å². The van der Waals surface area contributed by atoms with Gasteiger partial charge in [0.15, 0.2) is 5.78 Å². The number of carbonyl (C=O) groups excluding carboxylic acids is 1. The number of rotatable bonds is 2. The Balaban J connectivity index is 1.81. The number of fused-ring (bicyclic) bond motifs is 2. The molecule has 2 bridgehead atoms. The van der Waals surface area contributed by atoms with E-state index in [0.29, 0.717) is 5.56 Å². The van der Waals surface area contributed by atoms with Gasteiger partial charge >= 0.3 is 0 Å². The zero-order valence-electron chi connectivity index (χ0n) is 10.7. The fraction of sp³-hybridized carbons (Fsp3) is 0.438. The molecule has 0 saturated carbocycles. The molecule has 98 valence electrons. The number of Topliss-reactive ketones (excluding diaryl/α,β-unsaturated/α-hetero) is 1. The van der Waals surface area contributed by atoms with Gasteiger partial charge in [-0.15, -0.1) is 6.42 Å². The van der Waals surface area contributed by atoms with Crippen molar-refractivity contribution in [2.75, 3.05) is 0 Å². The molecule has 3 heteroatoms. The van der Waals surface area contributed by atoms with Crippen molar-refractivity contribution in [1.82, 2.24) is 0 Å². The van der Waals surface area contributed by atoms with Crippen molar-refractivity contribution in [1.29, 1.82) is 0 Å². The maximum atomic E-state index is 12.5. The Kier molecular flexibility index (Phi) is 3.28. The van der Waals surface area contributed by atoms with E-state index in [-0.39, 0.29) is 22.2 Å². The number of hydrogen-bond donors (Lipinski definition) is 0. The molecule has 1 aromatic carbocycles. The van der Waals surface area contributed by atoms with Crippen molar-refractivity contribution in [2.24, 2.45) is 5.92 Å². The molecule has 0 amide bonds. The Morgan fingerprint density at radius 1 is 1.26 bits per heavy atom. The zero-order chi connectivity index (χ0) is 13.4. The van der Waals surface area contributed by atoms with Crippen LogP contribution >= 0.6 is 0 Å². The predicted molar refractivity (Wildman–Crippen MR) is 76.4 cm³/mol. The van der Waals surface area contributed by atoms with Gasteiger partial charge in [-0.3, -0.25) is 9.00 Å². The molecule has 0 radical (unpaired) electrons. The molecule has 0 spiro atoms. The highest BCUT2D eigenvalue weighted by molar-refractivity contribution is 7.86. The van der Waals surface area contributed by atoms with Crippen LogP contribution in [-0.4, -0.2) is 20.5 Å². The third-order valence-electron chi connectivity index (χ3n) is 4.25. The summed E-state index contributed by atoms with van der Waals surface area (Å²) in [4.78, 5) is 12.5. The fourth-order valence-corrected chi connectivity index (χ4v) is 5.37. The van der Waals surface area contributed by atoms with Gasteiger partial charge in [0.05, 0.1) is 0 Å². The Morgan fingerprint density at radius 2 is 1.95 bits per heavy atom. The van der Waals surface area contributed by atoms with Gasteiger partial charge in [0.2, 0.25) is 0 Å². The predicted octanol–water partition coefficient (Wildman–Crippen LogP) is 2.54. The number of carbonyl (C=O) groups is 1. The highest BCUT2D eigenvalue weighted by Crippen LogP contribution is 2.39. The van der Waals surface area contributed by atoms with Gasteiger partial charge in [0, 0.05) is 38.3 Å². The molecule has 2 nitrogen and oxygen atoms in total. The van der Waals surface area contributed by atoms with Crippen molar-refractivity contribution < 1.29 is 9.00 Å². The second-order valence-corrected chi connectivity index (χ2v) is 7.40. The fourth-order valence-electron chi connectivity index (χ4n) is 3.24. The quantitative estimate of drug-likeness (QED) is 0.612. The van der Waals surface area contributed by atoms with Crippen LogP contribution in [0.5, 0.6) is 0 Å². The molecular weight excluding hydrogens is 256 g/mol. The summed E-state index contributed by atoms with van der Waals surface area (Å²) in [6.07, 6.45) is 8.97. The van der Waals surface area contributed by atoms with Gasteiger partial charge in [0.25, 0.3) is 0 Å². The monoisotopic (exact) mass is 272 g/mol. The SMILES string of the molecule is C#Cc1cccc(C(=O)C2CC3CCC(C2)S3=O)c1. The van der Waals surface area contributed by atoms with E-state index in [1.54, 1.807) is 6.07 Å². The van der Waals surface area contributed by atoms with Gasteiger partial charge in [-0.05, 0) is 37.8 Å². The van der Waals surface area contributed by atoms with E-state index in [9.17, 15) is 9.00 Å². The van der Waals surface area contributed by atoms with E-state index in [0.717, 1.165) is 31.2 Å². The lowest BCUT2D eigenvalue weighted by atomic mass is 9.90. The first kappa shape index (κ1) is 12.6. The van der Waals surface area contributed by atoms with Gasteiger partial charge in [-0.1, -0.05) is 18.1 Å². The molecule has 1 aromatic rings. The van der Waals surface area contributed by atoms with E-state index < -0.39 is 10.8 Å². The van der Waals surface area contributed by atoms with Crippen LogP contribution in [0.15, 0.2) is 24.3 Å². The smallest absolute Gasteiger partial charge is 0.166 e. The Bertz CT molecular complexity index is 569. The third-order valence-corrected chi connectivity index (χ3v) is 6.42. The minimum Gasteiger partial charge on any atom is -0.294 e. The van der Waals surface area contributed by atoms with Crippen molar-refractivity contribution in [3.05, 3.63) is 35.4 Å². The average molecular weight is 272 g/mol. The van der Waals surface area contributed by atoms with Gasteiger partial charge in [-0.25, -0.2) is 0 Å². The Labute approximate surface area is 116 Å². The molecule has 2 aliphatic rings. The summed E-state index contributed by atoms with van der Waals surface area (Å²) in [6.45, 7) is 0. The highest BCUT2D eigenvalue weighted by atomic mass is 32.2.